The molecule has 0 bridgehead atoms. The maximum atomic E-state index is 6.31. The molecule has 0 aliphatic heterocycles. The van der Waals surface area contributed by atoms with Crippen LogP contribution in [-0.4, -0.2) is 22.1 Å². The molecule has 1 aromatic carbocycles. The maximum Gasteiger partial charge on any atom is 0.161 e. The number of benzene rings is 1. The van der Waals surface area contributed by atoms with Gasteiger partial charge >= 0.3 is 0 Å². The van der Waals surface area contributed by atoms with E-state index in [1.807, 2.05) is 6.07 Å². The molecule has 118 valence electrons. The average Bonchev–Trinajstić information content (AvgIpc) is 2.42. The van der Waals surface area contributed by atoms with Gasteiger partial charge in [0.25, 0.3) is 0 Å². The molecule has 1 heterocycles. The van der Waals surface area contributed by atoms with Crippen LogP contribution in [-0.2, 0) is 0 Å². The van der Waals surface area contributed by atoms with Crippen LogP contribution in [0.5, 0.6) is 0 Å². The Balaban J connectivity index is 2.44. The number of anilines is 4. The third kappa shape index (κ3) is 3.67. The summed E-state index contributed by atoms with van der Waals surface area (Å²) < 4.78 is 0. The Morgan fingerprint density at radius 2 is 1.95 bits per heavy atom. The molecule has 0 unspecified atom stereocenters. The monoisotopic (exact) mass is 299 g/mol. The molecule has 22 heavy (non-hydrogen) atoms. The molecule has 0 saturated heterocycles. The Kier molecular flexibility index (Phi) is 4.54. The van der Waals surface area contributed by atoms with E-state index < -0.39 is 0 Å². The molecule has 3 N–H and O–H groups in total. The minimum atomic E-state index is -0.111. The van der Waals surface area contributed by atoms with Gasteiger partial charge in [0.1, 0.15) is 12.0 Å². The second kappa shape index (κ2) is 6.22. The topological polar surface area (TPSA) is 67.1 Å². The third-order valence-electron chi connectivity index (χ3n) is 3.24. The van der Waals surface area contributed by atoms with Crippen LogP contribution in [0.15, 0.2) is 30.6 Å². The van der Waals surface area contributed by atoms with Gasteiger partial charge in [0.2, 0.25) is 0 Å². The highest BCUT2D eigenvalue weighted by atomic mass is 15.2. The van der Waals surface area contributed by atoms with Gasteiger partial charge < -0.3 is 16.0 Å². The highest BCUT2D eigenvalue weighted by Crippen LogP contribution is 2.32. The summed E-state index contributed by atoms with van der Waals surface area (Å²) in [6, 6.07) is 8.31. The van der Waals surface area contributed by atoms with Gasteiger partial charge in [0, 0.05) is 17.8 Å². The Hall–Kier alpha value is -2.30. The van der Waals surface area contributed by atoms with Crippen molar-refractivity contribution in [2.75, 3.05) is 22.5 Å². The zero-order valence-electron chi connectivity index (χ0n) is 14.0. The fraction of sp³-hybridized carbons (Fsp3) is 0.412. The predicted octanol–water partition coefficient (Wildman–Crippen LogP) is 3.74. The lowest BCUT2D eigenvalue weighted by Gasteiger charge is -2.27. The van der Waals surface area contributed by atoms with E-state index in [9.17, 15) is 0 Å². The molecule has 1 aromatic heterocycles. The van der Waals surface area contributed by atoms with Gasteiger partial charge in [-0.2, -0.15) is 0 Å². The Morgan fingerprint density at radius 1 is 1.23 bits per heavy atom. The number of aromatic nitrogens is 2. The van der Waals surface area contributed by atoms with Crippen molar-refractivity contribution in [2.45, 2.75) is 40.2 Å². The molecule has 5 heteroatoms. The standard InChI is InChI=1S/C17H25N5/c1-6-22(13-9-7-8-12(2)10-13)16-14(18)15(19-11-20-16)21-17(3,4)5/h7-11H,6,18H2,1-5H3,(H,19,20,21). The van der Waals surface area contributed by atoms with E-state index in [4.69, 9.17) is 5.73 Å². The molecule has 0 aliphatic rings. The van der Waals surface area contributed by atoms with E-state index in [0.29, 0.717) is 11.5 Å². The predicted molar refractivity (Wildman–Crippen MR) is 93.7 cm³/mol. The molecule has 0 amide bonds. The zero-order chi connectivity index (χ0) is 16.3. The number of nitrogens with zero attached hydrogens (tertiary/aromatic N) is 3. The van der Waals surface area contributed by atoms with Crippen molar-refractivity contribution in [3.63, 3.8) is 0 Å². The molecule has 0 fully saturated rings. The molecule has 0 saturated carbocycles. The Bertz CT molecular complexity index is 646. The lowest BCUT2D eigenvalue weighted by molar-refractivity contribution is 0.630. The number of nitrogen functional groups attached to an aromatic ring is 1. The fourth-order valence-corrected chi connectivity index (χ4v) is 2.31. The smallest absolute Gasteiger partial charge is 0.161 e. The van der Waals surface area contributed by atoms with Gasteiger partial charge in [0.05, 0.1) is 0 Å². The normalized spacial score (nSPS) is 11.3. The minimum Gasteiger partial charge on any atom is -0.393 e. The van der Waals surface area contributed by atoms with Crippen LogP contribution in [0.25, 0.3) is 0 Å². The van der Waals surface area contributed by atoms with Crippen molar-refractivity contribution in [3.05, 3.63) is 36.2 Å². The SMILES string of the molecule is CCN(c1cccc(C)c1)c1ncnc(NC(C)(C)C)c1N. The number of nitrogens with one attached hydrogen (secondary N) is 1. The van der Waals surface area contributed by atoms with Crippen LogP contribution in [0, 0.1) is 6.92 Å². The summed E-state index contributed by atoms with van der Waals surface area (Å²) in [4.78, 5) is 10.8. The highest BCUT2D eigenvalue weighted by molar-refractivity contribution is 5.79. The van der Waals surface area contributed by atoms with Crippen LogP contribution in [0.1, 0.15) is 33.3 Å². The molecule has 5 nitrogen and oxygen atoms in total. The van der Waals surface area contributed by atoms with Gasteiger partial charge in [0.15, 0.2) is 11.6 Å². The average molecular weight is 299 g/mol. The van der Waals surface area contributed by atoms with E-state index in [2.05, 4.69) is 73.0 Å². The van der Waals surface area contributed by atoms with Crippen molar-refractivity contribution in [3.8, 4) is 0 Å². The number of rotatable bonds is 4. The molecule has 0 radical (unpaired) electrons. The van der Waals surface area contributed by atoms with E-state index in [-0.39, 0.29) is 5.54 Å². The van der Waals surface area contributed by atoms with Crippen LogP contribution in [0.4, 0.5) is 23.0 Å². The van der Waals surface area contributed by atoms with Gasteiger partial charge in [-0.1, -0.05) is 12.1 Å². The number of nitrogens with two attached hydrogens (primary N) is 1. The highest BCUT2D eigenvalue weighted by Gasteiger charge is 2.18. The first-order chi connectivity index (χ1) is 10.3. The Morgan fingerprint density at radius 3 is 2.55 bits per heavy atom. The van der Waals surface area contributed by atoms with E-state index in [0.717, 1.165) is 18.1 Å². The van der Waals surface area contributed by atoms with Crippen molar-refractivity contribution in [1.82, 2.24) is 9.97 Å². The Labute approximate surface area is 132 Å². The van der Waals surface area contributed by atoms with Gasteiger partial charge in [-0.3, -0.25) is 0 Å². The summed E-state index contributed by atoms with van der Waals surface area (Å²) in [6.07, 6.45) is 1.55. The van der Waals surface area contributed by atoms with Gasteiger partial charge in [-0.05, 0) is 52.3 Å². The quantitative estimate of drug-likeness (QED) is 0.900. The first-order valence-electron chi connectivity index (χ1n) is 7.54. The molecule has 0 aliphatic carbocycles. The lowest BCUT2D eigenvalue weighted by Crippen LogP contribution is -2.28. The molecular formula is C17H25N5. The van der Waals surface area contributed by atoms with E-state index >= 15 is 0 Å². The molecule has 0 spiro atoms. The van der Waals surface area contributed by atoms with Crippen molar-refractivity contribution >= 4 is 23.0 Å². The summed E-state index contributed by atoms with van der Waals surface area (Å²) in [7, 11) is 0. The third-order valence-corrected chi connectivity index (χ3v) is 3.24. The molecular weight excluding hydrogens is 274 g/mol. The first-order valence-corrected chi connectivity index (χ1v) is 7.54. The molecule has 2 aromatic rings. The fourth-order valence-electron chi connectivity index (χ4n) is 2.31. The second-order valence-corrected chi connectivity index (χ2v) is 6.42. The van der Waals surface area contributed by atoms with Crippen molar-refractivity contribution in [2.24, 2.45) is 0 Å². The summed E-state index contributed by atoms with van der Waals surface area (Å²) in [6.45, 7) is 11.2. The van der Waals surface area contributed by atoms with Crippen LogP contribution in [0.3, 0.4) is 0 Å². The summed E-state index contributed by atoms with van der Waals surface area (Å²) >= 11 is 0. The molecule has 2 rings (SSSR count). The number of aryl methyl sites for hydroxylation is 1. The summed E-state index contributed by atoms with van der Waals surface area (Å²) in [5.41, 5.74) is 9.06. The lowest BCUT2D eigenvalue weighted by atomic mass is 10.1. The van der Waals surface area contributed by atoms with E-state index in [1.54, 1.807) is 6.33 Å². The minimum absolute atomic E-state index is 0.111. The summed E-state index contributed by atoms with van der Waals surface area (Å²) in [5, 5.41) is 3.33. The van der Waals surface area contributed by atoms with E-state index in [1.165, 1.54) is 5.56 Å². The van der Waals surface area contributed by atoms with Gasteiger partial charge in [-0.15, -0.1) is 0 Å². The van der Waals surface area contributed by atoms with Crippen molar-refractivity contribution in [1.29, 1.82) is 0 Å². The van der Waals surface area contributed by atoms with Crippen molar-refractivity contribution < 1.29 is 0 Å². The largest absolute Gasteiger partial charge is 0.393 e. The van der Waals surface area contributed by atoms with Crippen LogP contribution in [0.2, 0.25) is 0 Å². The first kappa shape index (κ1) is 16.1. The van der Waals surface area contributed by atoms with Crippen LogP contribution < -0.4 is 16.0 Å². The number of hydrogen-bond acceptors (Lipinski definition) is 5. The molecule has 0 atom stereocenters. The maximum absolute atomic E-state index is 6.31. The number of hydrogen-bond donors (Lipinski definition) is 2. The van der Waals surface area contributed by atoms with Crippen LogP contribution >= 0.6 is 0 Å². The summed E-state index contributed by atoms with van der Waals surface area (Å²) in [5.74, 6) is 1.40. The van der Waals surface area contributed by atoms with Gasteiger partial charge in [-0.25, -0.2) is 9.97 Å². The zero-order valence-corrected chi connectivity index (χ0v) is 14.0. The second-order valence-electron chi connectivity index (χ2n) is 6.42.